The highest BCUT2D eigenvalue weighted by Gasteiger charge is 2.61. The predicted octanol–water partition coefficient (Wildman–Crippen LogP) is 2.65. The summed E-state index contributed by atoms with van der Waals surface area (Å²) in [5.41, 5.74) is -0.638. The molecule has 0 aromatic carbocycles. The fourth-order valence-electron chi connectivity index (χ4n) is 3.96. The normalized spacial score (nSPS) is 29.0. The second-order valence-electron chi connectivity index (χ2n) is 7.48. The third-order valence-corrected chi connectivity index (χ3v) is 5.33. The minimum atomic E-state index is -0.758. The molecule has 1 amide bonds. The summed E-state index contributed by atoms with van der Waals surface area (Å²) in [5, 5.41) is 12.3. The Labute approximate surface area is 135 Å². The lowest BCUT2D eigenvalue weighted by molar-refractivity contribution is -0.148. The average molecular weight is 317 g/mol. The van der Waals surface area contributed by atoms with E-state index in [1.54, 1.807) is 12.4 Å². The van der Waals surface area contributed by atoms with E-state index in [0.29, 0.717) is 43.7 Å². The van der Waals surface area contributed by atoms with Crippen LogP contribution in [0.5, 0.6) is 0 Å². The van der Waals surface area contributed by atoms with Gasteiger partial charge in [-0.3, -0.25) is 9.59 Å². The van der Waals surface area contributed by atoms with Gasteiger partial charge in [0.25, 0.3) is 0 Å². The van der Waals surface area contributed by atoms with Gasteiger partial charge in [-0.2, -0.15) is 0 Å². The lowest BCUT2D eigenvalue weighted by atomic mass is 9.81. The molecule has 0 unspecified atom stereocenters. The van der Waals surface area contributed by atoms with Gasteiger partial charge in [0.2, 0.25) is 5.91 Å². The van der Waals surface area contributed by atoms with Gasteiger partial charge in [0.1, 0.15) is 5.82 Å². The number of fused-ring (bicyclic) bond motifs is 2. The first-order valence-electron chi connectivity index (χ1n) is 8.21. The molecule has 3 rings (SSSR count). The van der Waals surface area contributed by atoms with Crippen molar-refractivity contribution >= 4 is 17.6 Å². The van der Waals surface area contributed by atoms with Crippen LogP contribution in [-0.2, 0) is 16.0 Å². The number of anilines is 1. The molecule has 2 N–H and O–H groups in total. The maximum absolute atomic E-state index is 12.7. The molecule has 124 valence electrons. The Balaban J connectivity index is 1.67. The Morgan fingerprint density at radius 3 is 2.22 bits per heavy atom. The third-order valence-electron chi connectivity index (χ3n) is 5.33. The van der Waals surface area contributed by atoms with Gasteiger partial charge in [-0.15, -0.1) is 0 Å². The van der Waals surface area contributed by atoms with Gasteiger partial charge in [-0.1, -0.05) is 13.8 Å². The number of carbonyl (C=O) groups excluding carboxylic acids is 1. The van der Waals surface area contributed by atoms with Crippen LogP contribution >= 0.6 is 0 Å². The Morgan fingerprint density at radius 1 is 1.17 bits per heavy atom. The number of carboxylic acid groups (broad SMARTS) is 1. The second-order valence-corrected chi connectivity index (χ2v) is 7.48. The molecule has 0 saturated heterocycles. The molecule has 1 aromatic rings. The summed E-state index contributed by atoms with van der Waals surface area (Å²) in [6.45, 7) is 4.21. The molecule has 0 radical (unpaired) electrons. The molecule has 23 heavy (non-hydrogen) atoms. The zero-order chi connectivity index (χ0) is 16.7. The van der Waals surface area contributed by atoms with Crippen LogP contribution in [0, 0.1) is 16.7 Å². The van der Waals surface area contributed by atoms with Crippen LogP contribution in [0.25, 0.3) is 0 Å². The van der Waals surface area contributed by atoms with Gasteiger partial charge in [0.15, 0.2) is 0 Å². The van der Waals surface area contributed by atoms with Crippen LogP contribution in [0.2, 0.25) is 0 Å². The van der Waals surface area contributed by atoms with E-state index in [2.05, 4.69) is 29.1 Å². The SMILES string of the molecule is CC(C)Cc1ncc(NC(=O)C23CCC(C(=O)O)(CC2)C3)cn1. The van der Waals surface area contributed by atoms with E-state index in [9.17, 15) is 14.7 Å². The van der Waals surface area contributed by atoms with Gasteiger partial charge in [0.05, 0.1) is 28.9 Å². The summed E-state index contributed by atoms with van der Waals surface area (Å²) in [6.07, 6.45) is 7.02. The lowest BCUT2D eigenvalue weighted by Crippen LogP contribution is -2.32. The van der Waals surface area contributed by atoms with Crippen molar-refractivity contribution in [3.8, 4) is 0 Å². The number of nitrogens with zero attached hydrogens (tertiary/aromatic N) is 2. The number of carboxylic acids is 1. The average Bonchev–Trinajstić information content (AvgIpc) is 3.08. The Morgan fingerprint density at radius 2 is 1.74 bits per heavy atom. The minimum absolute atomic E-state index is 0.0849. The number of carbonyl (C=O) groups is 2. The summed E-state index contributed by atoms with van der Waals surface area (Å²) in [7, 11) is 0. The summed E-state index contributed by atoms with van der Waals surface area (Å²) >= 11 is 0. The predicted molar refractivity (Wildman–Crippen MR) is 84.8 cm³/mol. The molecule has 1 heterocycles. The number of hydrogen-bond acceptors (Lipinski definition) is 4. The van der Waals surface area contributed by atoms with Gasteiger partial charge < -0.3 is 10.4 Å². The smallest absolute Gasteiger partial charge is 0.309 e. The van der Waals surface area contributed by atoms with Gasteiger partial charge in [-0.05, 0) is 38.0 Å². The molecule has 0 aliphatic heterocycles. The maximum Gasteiger partial charge on any atom is 0.309 e. The van der Waals surface area contributed by atoms with Gasteiger partial charge in [0, 0.05) is 6.42 Å². The number of amides is 1. The van der Waals surface area contributed by atoms with Crippen molar-refractivity contribution in [2.24, 2.45) is 16.7 Å². The third kappa shape index (κ3) is 2.82. The van der Waals surface area contributed by atoms with Crippen molar-refractivity contribution in [3.63, 3.8) is 0 Å². The molecule has 6 heteroatoms. The van der Waals surface area contributed by atoms with E-state index in [1.807, 2.05) is 0 Å². The zero-order valence-electron chi connectivity index (χ0n) is 13.6. The number of nitrogens with one attached hydrogen (secondary N) is 1. The largest absolute Gasteiger partial charge is 0.481 e. The molecule has 0 spiro atoms. The van der Waals surface area contributed by atoms with E-state index >= 15 is 0 Å². The number of aliphatic carboxylic acids is 1. The fourth-order valence-corrected chi connectivity index (χ4v) is 3.96. The van der Waals surface area contributed by atoms with Crippen LogP contribution in [0.15, 0.2) is 12.4 Å². The molecule has 0 atom stereocenters. The fraction of sp³-hybridized carbons (Fsp3) is 0.647. The van der Waals surface area contributed by atoms with Crippen molar-refractivity contribution in [1.82, 2.24) is 9.97 Å². The summed E-state index contributed by atoms with van der Waals surface area (Å²) < 4.78 is 0. The molecule has 2 bridgehead atoms. The molecule has 2 fully saturated rings. The molecule has 2 aliphatic carbocycles. The Kier molecular flexibility index (Phi) is 3.86. The molecule has 1 aromatic heterocycles. The first-order chi connectivity index (χ1) is 10.9. The van der Waals surface area contributed by atoms with E-state index in [-0.39, 0.29) is 5.91 Å². The zero-order valence-corrected chi connectivity index (χ0v) is 13.6. The highest BCUT2D eigenvalue weighted by Crippen LogP contribution is 2.61. The maximum atomic E-state index is 12.7. The standard InChI is InChI=1S/C17H23N3O3/c1-11(2)7-13-18-8-12(9-19-13)20-14(21)16-3-5-17(10-16,6-4-16)15(22)23/h8-9,11H,3-7,10H2,1-2H3,(H,20,21)(H,22,23). The van der Waals surface area contributed by atoms with Crippen molar-refractivity contribution in [1.29, 1.82) is 0 Å². The number of aromatic nitrogens is 2. The first-order valence-corrected chi connectivity index (χ1v) is 8.21. The van der Waals surface area contributed by atoms with Crippen LogP contribution in [0.1, 0.15) is 51.8 Å². The highest BCUT2D eigenvalue weighted by atomic mass is 16.4. The summed E-state index contributed by atoms with van der Waals surface area (Å²) in [4.78, 5) is 32.7. The van der Waals surface area contributed by atoms with E-state index < -0.39 is 16.8 Å². The molecule has 2 aliphatic rings. The van der Waals surface area contributed by atoms with Gasteiger partial charge in [-0.25, -0.2) is 9.97 Å². The Hall–Kier alpha value is -1.98. The van der Waals surface area contributed by atoms with E-state index in [1.165, 1.54) is 0 Å². The quantitative estimate of drug-likeness (QED) is 0.871. The summed E-state index contributed by atoms with van der Waals surface area (Å²) in [6, 6.07) is 0. The van der Waals surface area contributed by atoms with Crippen molar-refractivity contribution < 1.29 is 14.7 Å². The highest BCUT2D eigenvalue weighted by molar-refractivity contribution is 5.96. The molecular formula is C17H23N3O3. The summed E-state index contributed by atoms with van der Waals surface area (Å²) in [5.74, 6) is 0.405. The second kappa shape index (κ2) is 5.58. The van der Waals surface area contributed by atoms with Crippen LogP contribution < -0.4 is 5.32 Å². The van der Waals surface area contributed by atoms with Crippen LogP contribution in [-0.4, -0.2) is 27.0 Å². The monoisotopic (exact) mass is 317 g/mol. The van der Waals surface area contributed by atoms with E-state index in [0.717, 1.165) is 12.2 Å². The van der Waals surface area contributed by atoms with Crippen molar-refractivity contribution in [2.45, 2.75) is 52.4 Å². The Bertz CT molecular complexity index is 616. The van der Waals surface area contributed by atoms with E-state index in [4.69, 9.17) is 0 Å². The van der Waals surface area contributed by atoms with Gasteiger partial charge >= 0.3 is 5.97 Å². The molecule has 6 nitrogen and oxygen atoms in total. The minimum Gasteiger partial charge on any atom is -0.481 e. The number of hydrogen-bond donors (Lipinski definition) is 2. The van der Waals surface area contributed by atoms with Crippen molar-refractivity contribution in [3.05, 3.63) is 18.2 Å². The molecule has 2 saturated carbocycles. The first kappa shape index (κ1) is 15.9. The number of rotatable bonds is 5. The lowest BCUT2D eigenvalue weighted by Gasteiger charge is -2.25. The molecular weight excluding hydrogens is 294 g/mol. The van der Waals surface area contributed by atoms with Crippen LogP contribution in [0.4, 0.5) is 5.69 Å². The topological polar surface area (TPSA) is 92.2 Å². The van der Waals surface area contributed by atoms with Crippen molar-refractivity contribution in [2.75, 3.05) is 5.32 Å². The van der Waals surface area contributed by atoms with Crippen LogP contribution in [0.3, 0.4) is 0 Å².